The Morgan fingerprint density at radius 1 is 1.22 bits per heavy atom. The molecule has 5 nitrogen and oxygen atoms in total. The van der Waals surface area contributed by atoms with Gasteiger partial charge in [-0.25, -0.2) is 9.97 Å². The van der Waals surface area contributed by atoms with Gasteiger partial charge in [-0.15, -0.1) is 0 Å². The van der Waals surface area contributed by atoms with Crippen LogP contribution in [0.25, 0.3) is 0 Å². The lowest BCUT2D eigenvalue weighted by Gasteiger charge is -2.37. The predicted octanol–water partition coefficient (Wildman–Crippen LogP) is 2.32. The summed E-state index contributed by atoms with van der Waals surface area (Å²) < 4.78 is 0. The fraction of sp³-hybridized carbons (Fsp3) is 0.500. The van der Waals surface area contributed by atoms with Crippen LogP contribution in [0.2, 0.25) is 0 Å². The first-order valence-electron chi connectivity index (χ1n) is 8.37. The molecule has 122 valence electrons. The minimum Gasteiger partial charge on any atom is -0.340 e. The van der Waals surface area contributed by atoms with Crippen LogP contribution in [0.3, 0.4) is 0 Å². The van der Waals surface area contributed by atoms with Crippen LogP contribution in [0.5, 0.6) is 0 Å². The lowest BCUT2D eigenvalue weighted by molar-refractivity contribution is 0.207. The van der Waals surface area contributed by atoms with Gasteiger partial charge in [-0.2, -0.15) is 0 Å². The number of rotatable bonds is 5. The molecule has 0 aromatic carbocycles. The summed E-state index contributed by atoms with van der Waals surface area (Å²) in [6.45, 7) is 5.36. The number of hydrogen-bond donors (Lipinski definition) is 0. The molecule has 3 heterocycles. The molecule has 1 unspecified atom stereocenters. The van der Waals surface area contributed by atoms with Crippen molar-refractivity contribution >= 4 is 5.95 Å². The highest BCUT2D eigenvalue weighted by Gasteiger charge is 2.24. The van der Waals surface area contributed by atoms with E-state index in [2.05, 4.69) is 56.9 Å². The van der Waals surface area contributed by atoms with Crippen molar-refractivity contribution in [3.63, 3.8) is 0 Å². The highest BCUT2D eigenvalue weighted by Crippen LogP contribution is 2.18. The molecule has 0 spiro atoms. The van der Waals surface area contributed by atoms with E-state index in [1.807, 2.05) is 18.5 Å². The second kappa shape index (κ2) is 7.51. The van der Waals surface area contributed by atoms with Crippen LogP contribution in [0, 0.1) is 6.92 Å². The highest BCUT2D eigenvalue weighted by atomic mass is 15.3. The van der Waals surface area contributed by atoms with E-state index in [1.54, 1.807) is 0 Å². The fourth-order valence-electron chi connectivity index (χ4n) is 3.20. The lowest BCUT2D eigenvalue weighted by atomic mass is 10.0. The van der Waals surface area contributed by atoms with Gasteiger partial charge < -0.3 is 9.80 Å². The van der Waals surface area contributed by atoms with Crippen molar-refractivity contribution in [2.24, 2.45) is 0 Å². The van der Waals surface area contributed by atoms with Crippen LogP contribution in [0.1, 0.15) is 24.2 Å². The summed E-state index contributed by atoms with van der Waals surface area (Å²) >= 11 is 0. The van der Waals surface area contributed by atoms with Crippen molar-refractivity contribution in [3.05, 3.63) is 48.0 Å². The molecule has 1 fully saturated rings. The van der Waals surface area contributed by atoms with Crippen LogP contribution in [-0.2, 0) is 6.42 Å². The monoisotopic (exact) mass is 311 g/mol. The minimum absolute atomic E-state index is 0.483. The maximum Gasteiger partial charge on any atom is 0.225 e. The molecule has 5 heteroatoms. The zero-order valence-corrected chi connectivity index (χ0v) is 14.0. The summed E-state index contributed by atoms with van der Waals surface area (Å²) in [5, 5.41) is 0. The number of likely N-dealkylation sites (N-methyl/N-ethyl adjacent to an activating group) is 1. The maximum absolute atomic E-state index is 4.60. The van der Waals surface area contributed by atoms with Crippen LogP contribution in [-0.4, -0.2) is 52.6 Å². The molecule has 3 rings (SSSR count). The number of hydrogen-bond acceptors (Lipinski definition) is 5. The number of likely N-dealkylation sites (tertiary alicyclic amines) is 1. The summed E-state index contributed by atoms with van der Waals surface area (Å²) in [5.74, 6) is 0.819. The minimum atomic E-state index is 0.483. The number of nitrogens with zero attached hydrogens (tertiary/aromatic N) is 5. The molecule has 0 bridgehead atoms. The van der Waals surface area contributed by atoms with E-state index in [-0.39, 0.29) is 0 Å². The second-order valence-electron chi connectivity index (χ2n) is 6.28. The summed E-state index contributed by atoms with van der Waals surface area (Å²) in [6.07, 6.45) is 7.06. The van der Waals surface area contributed by atoms with E-state index in [0.717, 1.165) is 31.2 Å². The molecule has 0 amide bonds. The van der Waals surface area contributed by atoms with Crippen LogP contribution >= 0.6 is 0 Å². The van der Waals surface area contributed by atoms with E-state index in [1.165, 1.54) is 25.1 Å². The quantitative estimate of drug-likeness (QED) is 0.848. The molecule has 0 aliphatic carbocycles. The average Bonchev–Trinajstić information content (AvgIpc) is 2.60. The number of aryl methyl sites for hydroxylation is 1. The third kappa shape index (κ3) is 4.26. The Bertz CT molecular complexity index is 616. The average molecular weight is 311 g/mol. The molecular weight excluding hydrogens is 286 g/mol. The first kappa shape index (κ1) is 15.9. The summed E-state index contributed by atoms with van der Waals surface area (Å²) in [5.41, 5.74) is 2.28. The summed E-state index contributed by atoms with van der Waals surface area (Å²) in [7, 11) is 2.10. The summed E-state index contributed by atoms with van der Waals surface area (Å²) in [4.78, 5) is 18.1. The highest BCUT2D eigenvalue weighted by molar-refractivity contribution is 5.29. The zero-order chi connectivity index (χ0) is 16.1. The lowest BCUT2D eigenvalue weighted by Crippen LogP contribution is -2.47. The van der Waals surface area contributed by atoms with Gasteiger partial charge in [0.1, 0.15) is 0 Å². The molecule has 0 radical (unpaired) electrons. The number of aromatic nitrogens is 3. The fourth-order valence-corrected chi connectivity index (χ4v) is 3.20. The Kier molecular flexibility index (Phi) is 5.18. The first-order chi connectivity index (χ1) is 11.2. The van der Waals surface area contributed by atoms with Gasteiger partial charge in [0, 0.05) is 56.4 Å². The van der Waals surface area contributed by atoms with E-state index in [9.17, 15) is 0 Å². The van der Waals surface area contributed by atoms with E-state index >= 15 is 0 Å². The Labute approximate surface area is 138 Å². The van der Waals surface area contributed by atoms with Gasteiger partial charge in [-0.3, -0.25) is 4.98 Å². The Hall–Kier alpha value is -2.01. The van der Waals surface area contributed by atoms with E-state index in [4.69, 9.17) is 0 Å². The SMILES string of the molecule is Cc1cccc(CCN2CCCC(N(C)c3ncccn3)C2)n1. The molecule has 1 atom stereocenters. The third-order valence-electron chi connectivity index (χ3n) is 4.53. The van der Waals surface area contributed by atoms with Gasteiger partial charge in [0.15, 0.2) is 0 Å². The molecule has 0 saturated carbocycles. The van der Waals surface area contributed by atoms with Gasteiger partial charge in [-0.1, -0.05) is 6.07 Å². The Morgan fingerprint density at radius 3 is 2.83 bits per heavy atom. The topological polar surface area (TPSA) is 45.2 Å². The number of pyridine rings is 1. The molecule has 1 aliphatic rings. The zero-order valence-electron chi connectivity index (χ0n) is 14.0. The molecule has 23 heavy (non-hydrogen) atoms. The van der Waals surface area contributed by atoms with E-state index < -0.39 is 0 Å². The molecule has 1 aliphatic heterocycles. The number of piperidine rings is 1. The van der Waals surface area contributed by atoms with Crippen molar-refractivity contribution in [1.82, 2.24) is 19.9 Å². The smallest absolute Gasteiger partial charge is 0.225 e. The Morgan fingerprint density at radius 2 is 2.04 bits per heavy atom. The maximum atomic E-state index is 4.60. The van der Waals surface area contributed by atoms with Crippen LogP contribution in [0.4, 0.5) is 5.95 Å². The van der Waals surface area contributed by atoms with Gasteiger partial charge in [-0.05, 0) is 44.5 Å². The summed E-state index contributed by atoms with van der Waals surface area (Å²) in [6, 6.07) is 8.61. The van der Waals surface area contributed by atoms with Gasteiger partial charge in [0.25, 0.3) is 0 Å². The molecular formula is C18H25N5. The van der Waals surface area contributed by atoms with Crippen molar-refractivity contribution in [2.45, 2.75) is 32.2 Å². The normalized spacial score (nSPS) is 18.8. The van der Waals surface area contributed by atoms with Gasteiger partial charge in [0.05, 0.1) is 0 Å². The van der Waals surface area contributed by atoms with Crippen molar-refractivity contribution < 1.29 is 0 Å². The second-order valence-corrected chi connectivity index (χ2v) is 6.28. The third-order valence-corrected chi connectivity index (χ3v) is 4.53. The molecule has 0 N–H and O–H groups in total. The molecule has 2 aromatic heterocycles. The van der Waals surface area contributed by atoms with Crippen molar-refractivity contribution in [1.29, 1.82) is 0 Å². The molecule has 1 saturated heterocycles. The van der Waals surface area contributed by atoms with Crippen LogP contribution in [0.15, 0.2) is 36.7 Å². The predicted molar refractivity (Wildman–Crippen MR) is 92.6 cm³/mol. The van der Waals surface area contributed by atoms with E-state index in [0.29, 0.717) is 6.04 Å². The first-order valence-corrected chi connectivity index (χ1v) is 8.37. The largest absolute Gasteiger partial charge is 0.340 e. The van der Waals surface area contributed by atoms with Crippen molar-refractivity contribution in [3.8, 4) is 0 Å². The van der Waals surface area contributed by atoms with Gasteiger partial charge >= 0.3 is 0 Å². The molecule has 2 aromatic rings. The van der Waals surface area contributed by atoms with Gasteiger partial charge in [0.2, 0.25) is 5.95 Å². The van der Waals surface area contributed by atoms with Crippen molar-refractivity contribution in [2.75, 3.05) is 31.6 Å². The standard InChI is InChI=1S/C18H25N5/c1-15-6-3-7-16(21-15)9-13-23-12-4-8-17(14-23)22(2)18-19-10-5-11-20-18/h3,5-7,10-11,17H,4,8-9,12-14H2,1-2H3. The van der Waals surface area contributed by atoms with Crippen LogP contribution < -0.4 is 4.90 Å². The Balaban J connectivity index is 1.56. The number of anilines is 1.